The van der Waals surface area contributed by atoms with Gasteiger partial charge in [0.15, 0.2) is 0 Å². The Hall–Kier alpha value is -3.15. The number of hydrogen-bond donors (Lipinski definition) is 3. The van der Waals surface area contributed by atoms with E-state index in [0.717, 1.165) is 53.3 Å². The predicted molar refractivity (Wildman–Crippen MR) is 158 cm³/mol. The monoisotopic (exact) mass is 579 g/mol. The maximum absolute atomic E-state index is 14.1. The molecule has 41 heavy (non-hydrogen) atoms. The Morgan fingerprint density at radius 1 is 1.17 bits per heavy atom. The second kappa shape index (κ2) is 12.0. The van der Waals surface area contributed by atoms with Crippen molar-refractivity contribution in [1.82, 2.24) is 35.5 Å². The first-order valence-corrected chi connectivity index (χ1v) is 15.3. The fraction of sp³-hybridized carbons (Fsp3) is 0.567. The zero-order chi connectivity index (χ0) is 29.3. The summed E-state index contributed by atoms with van der Waals surface area (Å²) in [5.41, 5.74) is 5.29. The first-order chi connectivity index (χ1) is 19.5. The summed E-state index contributed by atoms with van der Waals surface area (Å²) in [6.07, 6.45) is 3.29. The fourth-order valence-electron chi connectivity index (χ4n) is 5.96. The van der Waals surface area contributed by atoms with Crippen LogP contribution in [0.3, 0.4) is 0 Å². The minimum Gasteiger partial charge on any atom is -0.391 e. The van der Waals surface area contributed by atoms with E-state index in [1.807, 2.05) is 70.6 Å². The van der Waals surface area contributed by atoms with E-state index in [9.17, 15) is 14.7 Å². The van der Waals surface area contributed by atoms with Gasteiger partial charge >= 0.3 is 0 Å². The van der Waals surface area contributed by atoms with Crippen molar-refractivity contribution in [2.45, 2.75) is 84.0 Å². The van der Waals surface area contributed by atoms with Crippen LogP contribution in [0.25, 0.3) is 10.4 Å². The van der Waals surface area contributed by atoms with Gasteiger partial charge in [-0.3, -0.25) is 9.59 Å². The quantitative estimate of drug-likeness (QED) is 0.391. The van der Waals surface area contributed by atoms with Gasteiger partial charge in [0, 0.05) is 25.1 Å². The van der Waals surface area contributed by atoms with Gasteiger partial charge in [0.1, 0.15) is 12.1 Å². The molecule has 10 nitrogen and oxygen atoms in total. The number of nitrogens with one attached hydrogen (secondary N) is 2. The van der Waals surface area contributed by atoms with Crippen molar-refractivity contribution >= 4 is 23.2 Å². The number of likely N-dealkylation sites (tertiary alicyclic amines) is 1. The molecule has 0 aliphatic carbocycles. The molecule has 1 aromatic carbocycles. The van der Waals surface area contributed by atoms with Crippen LogP contribution in [0.15, 0.2) is 36.0 Å². The second-order valence-electron chi connectivity index (χ2n) is 12.4. The number of benzene rings is 1. The lowest BCUT2D eigenvalue weighted by molar-refractivity contribution is -0.144. The molecule has 220 valence electrons. The highest BCUT2D eigenvalue weighted by molar-refractivity contribution is 7.13. The molecule has 2 amide bonds. The van der Waals surface area contributed by atoms with Crippen LogP contribution in [0.1, 0.15) is 81.9 Å². The van der Waals surface area contributed by atoms with Crippen LogP contribution < -0.4 is 10.6 Å². The predicted octanol–water partition coefficient (Wildman–Crippen LogP) is 3.60. The van der Waals surface area contributed by atoms with Crippen molar-refractivity contribution < 1.29 is 14.7 Å². The molecule has 0 radical (unpaired) electrons. The SMILES string of the molecule is Cc1ncsc1-c1ccc([C@H](C)NC(=O)[C@@H]2C[C@@H](O)CN2C(=O)[C@@H](n2cc(C3CCNCC3)nn2)C(C)(C)C)cc1. The molecule has 3 aromatic rings. The van der Waals surface area contributed by atoms with E-state index in [-0.39, 0.29) is 30.8 Å². The molecule has 2 saturated heterocycles. The van der Waals surface area contributed by atoms with Crippen molar-refractivity contribution in [3.8, 4) is 10.4 Å². The van der Waals surface area contributed by atoms with Crippen molar-refractivity contribution in [1.29, 1.82) is 0 Å². The van der Waals surface area contributed by atoms with Gasteiger partial charge in [0.25, 0.3) is 0 Å². The number of carbonyl (C=O) groups excluding carboxylic acids is 2. The standard InChI is InChI=1S/C30H41N7O3S/c1-18(20-6-8-22(9-7-20)26-19(2)32-17-41-26)33-28(39)25-14-23(38)15-36(25)29(40)27(30(3,4)5)37-16-24(34-35-37)21-10-12-31-13-11-21/h6-9,16-18,21,23,25,27,31,38H,10-15H2,1-5H3,(H,33,39)/t18-,23+,25-,27+/m0/s1. The molecule has 4 atom stereocenters. The maximum Gasteiger partial charge on any atom is 0.248 e. The van der Waals surface area contributed by atoms with Crippen LogP contribution in [0.5, 0.6) is 0 Å². The molecule has 11 heteroatoms. The maximum atomic E-state index is 14.1. The molecule has 3 N–H and O–H groups in total. The van der Waals surface area contributed by atoms with E-state index in [0.29, 0.717) is 5.92 Å². The van der Waals surface area contributed by atoms with Crippen LogP contribution in [0.4, 0.5) is 0 Å². The molecule has 2 fully saturated rings. The van der Waals surface area contributed by atoms with Crippen LogP contribution in [0, 0.1) is 12.3 Å². The number of rotatable bonds is 7. The zero-order valence-corrected chi connectivity index (χ0v) is 25.3. The largest absolute Gasteiger partial charge is 0.391 e. The lowest BCUT2D eigenvalue weighted by atomic mass is 9.85. The Bertz CT molecular complexity index is 1360. The number of nitrogens with zero attached hydrogens (tertiary/aromatic N) is 5. The molecular weight excluding hydrogens is 538 g/mol. The van der Waals surface area contributed by atoms with Crippen molar-refractivity contribution in [2.24, 2.45) is 5.41 Å². The Balaban J connectivity index is 1.31. The summed E-state index contributed by atoms with van der Waals surface area (Å²) in [7, 11) is 0. The summed E-state index contributed by atoms with van der Waals surface area (Å²) in [6.45, 7) is 11.9. The first kappa shape index (κ1) is 29.3. The van der Waals surface area contributed by atoms with E-state index >= 15 is 0 Å². The summed E-state index contributed by atoms with van der Waals surface area (Å²) in [6, 6.07) is 6.39. The Kier molecular flexibility index (Phi) is 8.58. The Morgan fingerprint density at radius 3 is 2.51 bits per heavy atom. The van der Waals surface area contributed by atoms with Gasteiger partial charge in [0.2, 0.25) is 11.8 Å². The lowest BCUT2D eigenvalue weighted by Gasteiger charge is -2.35. The van der Waals surface area contributed by atoms with E-state index in [4.69, 9.17) is 0 Å². The highest BCUT2D eigenvalue weighted by Crippen LogP contribution is 2.35. The number of hydrogen-bond acceptors (Lipinski definition) is 8. The second-order valence-corrected chi connectivity index (χ2v) is 13.3. The molecule has 0 spiro atoms. The van der Waals surface area contributed by atoms with Gasteiger partial charge in [-0.05, 0) is 56.3 Å². The van der Waals surface area contributed by atoms with Gasteiger partial charge < -0.3 is 20.6 Å². The van der Waals surface area contributed by atoms with Gasteiger partial charge in [0.05, 0.1) is 33.9 Å². The fourth-order valence-corrected chi connectivity index (χ4v) is 6.77. The van der Waals surface area contributed by atoms with Crippen LogP contribution in [-0.2, 0) is 9.59 Å². The third-order valence-corrected chi connectivity index (χ3v) is 9.22. The number of amides is 2. The third kappa shape index (κ3) is 6.37. The van der Waals surface area contributed by atoms with Crippen molar-refractivity contribution in [2.75, 3.05) is 19.6 Å². The van der Waals surface area contributed by atoms with Gasteiger partial charge in [-0.2, -0.15) is 0 Å². The van der Waals surface area contributed by atoms with Crippen LogP contribution in [0.2, 0.25) is 0 Å². The number of aliphatic hydroxyl groups excluding tert-OH is 1. The van der Waals surface area contributed by atoms with Crippen molar-refractivity contribution in [3.05, 3.63) is 52.9 Å². The number of aryl methyl sites for hydroxylation is 1. The number of aromatic nitrogens is 4. The summed E-state index contributed by atoms with van der Waals surface area (Å²) >= 11 is 1.60. The molecule has 2 aromatic heterocycles. The van der Waals surface area contributed by atoms with Gasteiger partial charge in [-0.1, -0.05) is 50.3 Å². The number of thiazole rings is 1. The Morgan fingerprint density at radius 2 is 1.88 bits per heavy atom. The molecule has 0 bridgehead atoms. The van der Waals surface area contributed by atoms with E-state index in [1.54, 1.807) is 16.0 Å². The average Bonchev–Trinajstić information content (AvgIpc) is 3.68. The minimum absolute atomic E-state index is 0.108. The molecule has 5 rings (SSSR count). The van der Waals surface area contributed by atoms with Crippen molar-refractivity contribution in [3.63, 3.8) is 0 Å². The highest BCUT2D eigenvalue weighted by Gasteiger charge is 2.45. The smallest absolute Gasteiger partial charge is 0.248 e. The zero-order valence-electron chi connectivity index (χ0n) is 24.5. The van der Waals surface area contributed by atoms with Gasteiger partial charge in [-0.25, -0.2) is 9.67 Å². The molecule has 0 unspecified atom stereocenters. The third-order valence-electron chi connectivity index (χ3n) is 8.25. The van der Waals surface area contributed by atoms with E-state index in [1.165, 1.54) is 4.90 Å². The van der Waals surface area contributed by atoms with Gasteiger partial charge in [-0.15, -0.1) is 16.4 Å². The normalized spacial score (nSPS) is 21.6. The molecular formula is C30H41N7O3S. The molecule has 4 heterocycles. The average molecular weight is 580 g/mol. The number of aliphatic hydroxyl groups is 1. The van der Waals surface area contributed by atoms with E-state index < -0.39 is 23.6 Å². The lowest BCUT2D eigenvalue weighted by Crippen LogP contribution is -2.50. The molecule has 0 saturated carbocycles. The summed E-state index contributed by atoms with van der Waals surface area (Å²) in [5.74, 6) is -0.186. The summed E-state index contributed by atoms with van der Waals surface area (Å²) in [4.78, 5) is 34.6. The highest BCUT2D eigenvalue weighted by atomic mass is 32.1. The Labute approximate surface area is 245 Å². The summed E-state index contributed by atoms with van der Waals surface area (Å²) in [5, 5.41) is 25.8. The topological polar surface area (TPSA) is 125 Å². The number of carbonyl (C=O) groups is 2. The van der Waals surface area contributed by atoms with Crippen LogP contribution >= 0.6 is 11.3 Å². The summed E-state index contributed by atoms with van der Waals surface area (Å²) < 4.78 is 1.66. The van der Waals surface area contributed by atoms with Crippen LogP contribution in [-0.4, -0.2) is 73.6 Å². The molecule has 2 aliphatic heterocycles. The minimum atomic E-state index is -0.770. The first-order valence-electron chi connectivity index (χ1n) is 14.4. The van der Waals surface area contributed by atoms with E-state index in [2.05, 4.69) is 25.9 Å². The number of piperidine rings is 1. The molecule has 2 aliphatic rings. The number of β-amino-alcohol motifs (C(OH)–C–C–N with tert-alkyl or cyclic N) is 1.